The van der Waals surface area contributed by atoms with Crippen molar-refractivity contribution in [3.8, 4) is 0 Å². The Hall–Kier alpha value is -0.0800. The molecule has 0 amide bonds. The van der Waals surface area contributed by atoms with Gasteiger partial charge in [-0.3, -0.25) is 0 Å². The third kappa shape index (κ3) is 2.53. The van der Waals surface area contributed by atoms with Crippen LogP contribution < -0.4 is 11.1 Å². The molecule has 6 unspecified atom stereocenters. The van der Waals surface area contributed by atoms with Crippen molar-refractivity contribution in [2.24, 2.45) is 23.5 Å². The van der Waals surface area contributed by atoms with E-state index in [0.717, 1.165) is 23.8 Å². The second-order valence-electron chi connectivity index (χ2n) is 6.92. The summed E-state index contributed by atoms with van der Waals surface area (Å²) >= 11 is 0. The zero-order chi connectivity index (χ0) is 11.8. The van der Waals surface area contributed by atoms with Gasteiger partial charge in [0.2, 0.25) is 0 Å². The van der Waals surface area contributed by atoms with Gasteiger partial charge in [0, 0.05) is 18.1 Å². The summed E-state index contributed by atoms with van der Waals surface area (Å²) in [5, 5.41) is 3.90. The number of nitrogens with one attached hydrogen (secondary N) is 1. The first-order valence-corrected chi connectivity index (χ1v) is 7.74. The average Bonchev–Trinajstić information content (AvgIpc) is 2.90. The average molecular weight is 236 g/mol. The minimum Gasteiger partial charge on any atom is -0.328 e. The number of hydrogen-bond donors (Lipinski definition) is 2. The fourth-order valence-electron chi connectivity index (χ4n) is 4.78. The van der Waals surface area contributed by atoms with Crippen molar-refractivity contribution in [1.29, 1.82) is 0 Å². The molecule has 98 valence electrons. The molecule has 3 saturated carbocycles. The van der Waals surface area contributed by atoms with Crippen LogP contribution in [0.5, 0.6) is 0 Å². The van der Waals surface area contributed by atoms with E-state index < -0.39 is 0 Å². The third-order valence-electron chi connectivity index (χ3n) is 5.65. The summed E-state index contributed by atoms with van der Waals surface area (Å²) in [7, 11) is 0. The van der Waals surface area contributed by atoms with E-state index in [1.54, 1.807) is 0 Å². The molecule has 17 heavy (non-hydrogen) atoms. The predicted octanol–water partition coefficient (Wildman–Crippen LogP) is 2.67. The Balaban J connectivity index is 1.51. The summed E-state index contributed by atoms with van der Waals surface area (Å²) in [6, 6.07) is 1.88. The Kier molecular flexibility index (Phi) is 3.45. The van der Waals surface area contributed by atoms with Crippen LogP contribution in [0.2, 0.25) is 0 Å². The highest BCUT2D eigenvalue weighted by Crippen LogP contribution is 2.49. The van der Waals surface area contributed by atoms with Gasteiger partial charge < -0.3 is 11.1 Å². The van der Waals surface area contributed by atoms with Crippen LogP contribution in [0.4, 0.5) is 0 Å². The maximum atomic E-state index is 6.07. The van der Waals surface area contributed by atoms with Crippen LogP contribution in [-0.4, -0.2) is 18.1 Å². The van der Waals surface area contributed by atoms with Crippen LogP contribution in [0, 0.1) is 17.8 Å². The van der Waals surface area contributed by atoms with Crippen molar-refractivity contribution >= 4 is 0 Å². The molecule has 0 spiro atoms. The van der Waals surface area contributed by atoms with Crippen LogP contribution >= 0.6 is 0 Å². The van der Waals surface area contributed by atoms with Crippen LogP contribution in [0.15, 0.2) is 0 Å². The van der Waals surface area contributed by atoms with E-state index in [1.165, 1.54) is 51.4 Å². The summed E-state index contributed by atoms with van der Waals surface area (Å²) in [5.41, 5.74) is 6.07. The summed E-state index contributed by atoms with van der Waals surface area (Å²) in [5.74, 6) is 3.08. The second-order valence-corrected chi connectivity index (χ2v) is 6.92. The van der Waals surface area contributed by atoms with E-state index in [1.807, 2.05) is 0 Å². The predicted molar refractivity (Wildman–Crippen MR) is 71.8 cm³/mol. The molecule has 3 aliphatic rings. The fourth-order valence-corrected chi connectivity index (χ4v) is 4.78. The molecule has 3 aliphatic carbocycles. The van der Waals surface area contributed by atoms with Crippen molar-refractivity contribution in [2.75, 3.05) is 0 Å². The molecule has 0 aliphatic heterocycles. The number of rotatable bonds is 3. The maximum absolute atomic E-state index is 6.07. The molecule has 0 aromatic rings. The van der Waals surface area contributed by atoms with Crippen molar-refractivity contribution in [3.63, 3.8) is 0 Å². The first kappa shape index (κ1) is 12.0. The lowest BCUT2D eigenvalue weighted by Gasteiger charge is -2.35. The van der Waals surface area contributed by atoms with Gasteiger partial charge in [0.25, 0.3) is 0 Å². The van der Waals surface area contributed by atoms with E-state index in [2.05, 4.69) is 12.2 Å². The maximum Gasteiger partial charge on any atom is 0.00843 e. The zero-order valence-corrected chi connectivity index (χ0v) is 11.2. The van der Waals surface area contributed by atoms with Gasteiger partial charge in [-0.05, 0) is 63.2 Å². The molecule has 0 heterocycles. The van der Waals surface area contributed by atoms with Gasteiger partial charge in [-0.25, -0.2) is 0 Å². The van der Waals surface area contributed by atoms with Crippen molar-refractivity contribution in [3.05, 3.63) is 0 Å². The molecule has 0 radical (unpaired) electrons. The molecule has 2 bridgehead atoms. The molecular formula is C15H28N2. The normalized spacial score (nSPS) is 47.3. The Morgan fingerprint density at radius 1 is 1.06 bits per heavy atom. The number of fused-ring (bicyclic) bond motifs is 2. The minimum absolute atomic E-state index is 0.452. The quantitative estimate of drug-likeness (QED) is 0.790. The van der Waals surface area contributed by atoms with Gasteiger partial charge in [-0.2, -0.15) is 0 Å². The van der Waals surface area contributed by atoms with Gasteiger partial charge in [-0.15, -0.1) is 0 Å². The standard InChI is InChI=1S/C15H28N2/c1-10(15-8-11-5-6-12(15)7-11)17-14-4-2-3-13(16)9-14/h10-15,17H,2-9,16H2,1H3. The molecule has 2 heteroatoms. The summed E-state index contributed by atoms with van der Waals surface area (Å²) < 4.78 is 0. The highest BCUT2D eigenvalue weighted by molar-refractivity contribution is 4.95. The van der Waals surface area contributed by atoms with Gasteiger partial charge in [0.05, 0.1) is 0 Å². The number of nitrogens with two attached hydrogens (primary N) is 1. The SMILES string of the molecule is CC(NC1CCCC(N)C1)C1CC2CCC1C2. The van der Waals surface area contributed by atoms with Crippen molar-refractivity contribution < 1.29 is 0 Å². The Morgan fingerprint density at radius 2 is 1.94 bits per heavy atom. The second kappa shape index (κ2) is 4.89. The molecule has 0 aromatic heterocycles. The first-order chi connectivity index (χ1) is 8.22. The summed E-state index contributed by atoms with van der Waals surface area (Å²) in [6.45, 7) is 2.42. The first-order valence-electron chi connectivity index (χ1n) is 7.74. The van der Waals surface area contributed by atoms with Crippen LogP contribution in [0.25, 0.3) is 0 Å². The Morgan fingerprint density at radius 3 is 2.59 bits per heavy atom. The lowest BCUT2D eigenvalue weighted by atomic mass is 9.82. The van der Waals surface area contributed by atoms with Crippen LogP contribution in [-0.2, 0) is 0 Å². The highest BCUT2D eigenvalue weighted by atomic mass is 15.0. The fraction of sp³-hybridized carbons (Fsp3) is 1.00. The lowest BCUT2D eigenvalue weighted by Crippen LogP contribution is -2.46. The summed E-state index contributed by atoms with van der Waals surface area (Å²) in [6.07, 6.45) is 11.2. The van der Waals surface area contributed by atoms with Gasteiger partial charge in [0.15, 0.2) is 0 Å². The molecule has 0 aromatic carbocycles. The zero-order valence-electron chi connectivity index (χ0n) is 11.2. The van der Waals surface area contributed by atoms with E-state index in [-0.39, 0.29) is 0 Å². The van der Waals surface area contributed by atoms with Gasteiger partial charge in [0.1, 0.15) is 0 Å². The van der Waals surface area contributed by atoms with Gasteiger partial charge >= 0.3 is 0 Å². The monoisotopic (exact) mass is 236 g/mol. The molecular weight excluding hydrogens is 208 g/mol. The summed E-state index contributed by atoms with van der Waals surface area (Å²) in [4.78, 5) is 0. The minimum atomic E-state index is 0.452. The highest BCUT2D eigenvalue weighted by Gasteiger charge is 2.42. The van der Waals surface area contributed by atoms with Crippen molar-refractivity contribution in [2.45, 2.75) is 76.4 Å². The topological polar surface area (TPSA) is 38.0 Å². The molecule has 0 saturated heterocycles. The molecule has 2 nitrogen and oxygen atoms in total. The number of hydrogen-bond acceptors (Lipinski definition) is 2. The molecule has 3 rings (SSSR count). The Bertz CT molecular complexity index is 266. The Labute approximate surface area is 106 Å². The molecule has 3 fully saturated rings. The van der Waals surface area contributed by atoms with Crippen molar-refractivity contribution in [1.82, 2.24) is 5.32 Å². The third-order valence-corrected chi connectivity index (χ3v) is 5.65. The molecule has 3 N–H and O–H groups in total. The van der Waals surface area contributed by atoms with E-state index in [0.29, 0.717) is 12.1 Å². The molecule has 6 atom stereocenters. The smallest absolute Gasteiger partial charge is 0.00843 e. The lowest BCUT2D eigenvalue weighted by molar-refractivity contribution is 0.222. The van der Waals surface area contributed by atoms with Crippen LogP contribution in [0.1, 0.15) is 58.3 Å². The van der Waals surface area contributed by atoms with E-state index >= 15 is 0 Å². The van der Waals surface area contributed by atoms with Crippen LogP contribution in [0.3, 0.4) is 0 Å². The van der Waals surface area contributed by atoms with E-state index in [4.69, 9.17) is 5.73 Å². The van der Waals surface area contributed by atoms with E-state index in [9.17, 15) is 0 Å². The largest absolute Gasteiger partial charge is 0.328 e. The van der Waals surface area contributed by atoms with Gasteiger partial charge in [-0.1, -0.05) is 12.8 Å².